The number of carbonyl (C=O) groups is 3. The fourth-order valence-electron chi connectivity index (χ4n) is 3.01. The van der Waals surface area contributed by atoms with Gasteiger partial charge in [0.05, 0.1) is 12.0 Å². The summed E-state index contributed by atoms with van der Waals surface area (Å²) in [5, 5.41) is 12.0. The van der Waals surface area contributed by atoms with Crippen molar-refractivity contribution in [3.8, 4) is 0 Å². The van der Waals surface area contributed by atoms with Crippen LogP contribution in [0.15, 0.2) is 24.3 Å². The van der Waals surface area contributed by atoms with Crippen LogP contribution in [-0.4, -0.2) is 47.4 Å². The van der Waals surface area contributed by atoms with E-state index in [1.165, 1.54) is 6.07 Å². The van der Waals surface area contributed by atoms with Crippen molar-refractivity contribution < 1.29 is 19.5 Å². The summed E-state index contributed by atoms with van der Waals surface area (Å²) in [4.78, 5) is 37.1. The largest absolute Gasteiger partial charge is 0.478 e. The standard InChI is InChI=1S/C19H26N2O4/c1-13(2)18(23)20-11-15-6-4-8-21(12-15)17(22)10-14-5-3-7-16(9-14)19(24)25/h3,5,7,9,13,15H,4,6,8,10-12H2,1-2H3,(H,20,23)(H,24,25). The Bertz CT molecular complexity index is 642. The second-order valence-corrected chi connectivity index (χ2v) is 6.93. The highest BCUT2D eigenvalue weighted by Gasteiger charge is 2.24. The third kappa shape index (κ3) is 5.59. The Morgan fingerprint density at radius 2 is 2.08 bits per heavy atom. The average molecular weight is 346 g/mol. The summed E-state index contributed by atoms with van der Waals surface area (Å²) >= 11 is 0. The maximum atomic E-state index is 12.5. The summed E-state index contributed by atoms with van der Waals surface area (Å²) in [5.74, 6) is -0.724. The zero-order valence-electron chi connectivity index (χ0n) is 14.8. The Morgan fingerprint density at radius 3 is 2.76 bits per heavy atom. The summed E-state index contributed by atoms with van der Waals surface area (Å²) in [6.07, 6.45) is 2.12. The zero-order chi connectivity index (χ0) is 18.4. The van der Waals surface area contributed by atoms with Gasteiger partial charge in [-0.05, 0) is 36.5 Å². The van der Waals surface area contributed by atoms with Gasteiger partial charge in [0.25, 0.3) is 0 Å². The minimum Gasteiger partial charge on any atom is -0.478 e. The number of likely N-dealkylation sites (tertiary alicyclic amines) is 1. The molecule has 136 valence electrons. The lowest BCUT2D eigenvalue weighted by molar-refractivity contribution is -0.132. The predicted molar refractivity (Wildman–Crippen MR) is 94.3 cm³/mol. The van der Waals surface area contributed by atoms with Crippen molar-refractivity contribution in [2.24, 2.45) is 11.8 Å². The summed E-state index contributed by atoms with van der Waals surface area (Å²) in [6.45, 7) is 5.66. The van der Waals surface area contributed by atoms with Crippen LogP contribution < -0.4 is 5.32 Å². The van der Waals surface area contributed by atoms with Gasteiger partial charge in [0.15, 0.2) is 0 Å². The number of carboxylic acids is 1. The normalized spacial score (nSPS) is 17.4. The van der Waals surface area contributed by atoms with E-state index in [-0.39, 0.29) is 35.6 Å². The Hall–Kier alpha value is -2.37. The van der Waals surface area contributed by atoms with Crippen molar-refractivity contribution in [1.29, 1.82) is 0 Å². The first-order chi connectivity index (χ1) is 11.9. The van der Waals surface area contributed by atoms with Crippen LogP contribution in [0.25, 0.3) is 0 Å². The number of rotatable bonds is 6. The molecule has 0 bridgehead atoms. The van der Waals surface area contributed by atoms with Crippen molar-refractivity contribution >= 4 is 17.8 Å². The van der Waals surface area contributed by atoms with Gasteiger partial charge in [0.1, 0.15) is 0 Å². The van der Waals surface area contributed by atoms with E-state index in [9.17, 15) is 14.4 Å². The molecule has 1 saturated heterocycles. The Balaban J connectivity index is 1.90. The van der Waals surface area contributed by atoms with Crippen LogP contribution in [0.3, 0.4) is 0 Å². The first-order valence-corrected chi connectivity index (χ1v) is 8.74. The monoisotopic (exact) mass is 346 g/mol. The molecule has 1 unspecified atom stereocenters. The molecule has 1 aromatic carbocycles. The quantitative estimate of drug-likeness (QED) is 0.824. The van der Waals surface area contributed by atoms with Crippen molar-refractivity contribution in [2.45, 2.75) is 33.1 Å². The summed E-state index contributed by atoms with van der Waals surface area (Å²) < 4.78 is 0. The third-order valence-electron chi connectivity index (χ3n) is 4.49. The number of nitrogens with zero attached hydrogens (tertiary/aromatic N) is 1. The van der Waals surface area contributed by atoms with E-state index >= 15 is 0 Å². The number of amides is 2. The van der Waals surface area contributed by atoms with E-state index in [0.29, 0.717) is 25.2 Å². The van der Waals surface area contributed by atoms with Crippen LogP contribution in [0.1, 0.15) is 42.6 Å². The fraction of sp³-hybridized carbons (Fsp3) is 0.526. The van der Waals surface area contributed by atoms with Crippen molar-refractivity contribution in [1.82, 2.24) is 10.2 Å². The van der Waals surface area contributed by atoms with Gasteiger partial charge >= 0.3 is 5.97 Å². The van der Waals surface area contributed by atoms with Crippen LogP contribution in [-0.2, 0) is 16.0 Å². The number of hydrogen-bond acceptors (Lipinski definition) is 3. The molecule has 6 nitrogen and oxygen atoms in total. The van der Waals surface area contributed by atoms with Gasteiger partial charge in [-0.1, -0.05) is 26.0 Å². The number of hydrogen-bond donors (Lipinski definition) is 2. The van der Waals surface area contributed by atoms with Gasteiger partial charge in [0.2, 0.25) is 11.8 Å². The molecule has 2 rings (SSSR count). The number of carboxylic acid groups (broad SMARTS) is 1. The average Bonchev–Trinajstić information content (AvgIpc) is 2.60. The van der Waals surface area contributed by atoms with Gasteiger partial charge in [0, 0.05) is 25.6 Å². The highest BCUT2D eigenvalue weighted by atomic mass is 16.4. The minimum absolute atomic E-state index is 0.00225. The summed E-state index contributed by atoms with van der Waals surface area (Å²) in [7, 11) is 0. The second-order valence-electron chi connectivity index (χ2n) is 6.93. The molecule has 1 heterocycles. The topological polar surface area (TPSA) is 86.7 Å². The van der Waals surface area contributed by atoms with Crippen LogP contribution in [0, 0.1) is 11.8 Å². The molecule has 0 aromatic heterocycles. The minimum atomic E-state index is -0.992. The molecule has 1 aromatic rings. The fourth-order valence-corrected chi connectivity index (χ4v) is 3.01. The summed E-state index contributed by atoms with van der Waals surface area (Å²) in [6, 6.07) is 6.50. The molecule has 25 heavy (non-hydrogen) atoms. The first-order valence-electron chi connectivity index (χ1n) is 8.74. The first kappa shape index (κ1) is 19.0. The molecule has 0 spiro atoms. The van der Waals surface area contributed by atoms with Crippen molar-refractivity contribution in [3.05, 3.63) is 35.4 Å². The molecule has 1 atom stereocenters. The molecule has 1 aliphatic rings. The van der Waals surface area contributed by atoms with Gasteiger partial charge < -0.3 is 15.3 Å². The number of benzene rings is 1. The third-order valence-corrected chi connectivity index (χ3v) is 4.49. The highest BCUT2D eigenvalue weighted by Crippen LogP contribution is 2.17. The number of nitrogens with one attached hydrogen (secondary N) is 1. The SMILES string of the molecule is CC(C)C(=O)NCC1CCCN(C(=O)Cc2cccc(C(=O)O)c2)C1. The van der Waals surface area contributed by atoms with Gasteiger partial charge in [-0.2, -0.15) is 0 Å². The molecule has 2 N–H and O–H groups in total. The Morgan fingerprint density at radius 1 is 1.32 bits per heavy atom. The molecule has 0 radical (unpaired) electrons. The van der Waals surface area contributed by atoms with Crippen LogP contribution in [0.2, 0.25) is 0 Å². The van der Waals surface area contributed by atoms with Crippen molar-refractivity contribution in [2.75, 3.05) is 19.6 Å². The Labute approximate surface area is 148 Å². The van der Waals surface area contributed by atoms with Crippen LogP contribution in [0.4, 0.5) is 0 Å². The van der Waals surface area contributed by atoms with Crippen LogP contribution in [0.5, 0.6) is 0 Å². The zero-order valence-corrected chi connectivity index (χ0v) is 14.8. The molecule has 0 saturated carbocycles. The van der Waals surface area contributed by atoms with E-state index in [1.807, 2.05) is 18.7 Å². The van der Waals surface area contributed by atoms with E-state index in [2.05, 4.69) is 5.32 Å². The maximum absolute atomic E-state index is 12.5. The molecular weight excluding hydrogens is 320 g/mol. The molecule has 2 amide bonds. The lowest BCUT2D eigenvalue weighted by atomic mass is 9.97. The second kappa shape index (κ2) is 8.65. The molecule has 6 heteroatoms. The van der Waals surface area contributed by atoms with E-state index in [4.69, 9.17) is 5.11 Å². The summed E-state index contributed by atoms with van der Waals surface area (Å²) in [5.41, 5.74) is 0.901. The van der Waals surface area contributed by atoms with Crippen molar-refractivity contribution in [3.63, 3.8) is 0 Å². The molecule has 1 fully saturated rings. The van der Waals surface area contributed by atoms with Gasteiger partial charge in [-0.15, -0.1) is 0 Å². The van der Waals surface area contributed by atoms with Crippen LogP contribution >= 0.6 is 0 Å². The number of carbonyl (C=O) groups excluding carboxylic acids is 2. The van der Waals surface area contributed by atoms with E-state index in [1.54, 1.807) is 18.2 Å². The highest BCUT2D eigenvalue weighted by molar-refractivity contribution is 5.88. The van der Waals surface area contributed by atoms with E-state index < -0.39 is 5.97 Å². The lowest BCUT2D eigenvalue weighted by Gasteiger charge is -2.33. The number of piperidine rings is 1. The number of aromatic carboxylic acids is 1. The molecule has 1 aliphatic heterocycles. The lowest BCUT2D eigenvalue weighted by Crippen LogP contribution is -2.44. The van der Waals surface area contributed by atoms with Gasteiger partial charge in [-0.3, -0.25) is 9.59 Å². The molecular formula is C19H26N2O4. The maximum Gasteiger partial charge on any atom is 0.335 e. The Kier molecular flexibility index (Phi) is 6.56. The predicted octanol–water partition coefficient (Wildman–Crippen LogP) is 1.94. The van der Waals surface area contributed by atoms with Gasteiger partial charge in [-0.25, -0.2) is 4.79 Å². The van der Waals surface area contributed by atoms with E-state index in [0.717, 1.165) is 12.8 Å². The smallest absolute Gasteiger partial charge is 0.335 e. The molecule has 0 aliphatic carbocycles.